The van der Waals surface area contributed by atoms with Gasteiger partial charge in [-0.2, -0.15) is 0 Å². The molecular weight excluding hydrogens is 550 g/mol. The Kier molecular flexibility index (Phi) is 7.36. The molecule has 6 N–H and O–H groups in total. The number of phenols is 1. The van der Waals surface area contributed by atoms with E-state index in [-0.39, 0.29) is 28.9 Å². The van der Waals surface area contributed by atoms with Crippen LogP contribution in [0.3, 0.4) is 0 Å². The highest BCUT2D eigenvalue weighted by Gasteiger charge is 2.64. The van der Waals surface area contributed by atoms with Gasteiger partial charge >= 0.3 is 5.97 Å². The second-order valence-corrected chi connectivity index (χ2v) is 14.0. The number of carboxylic acid groups (broad SMARTS) is 1. The molecule has 0 bridgehead atoms. The summed E-state index contributed by atoms with van der Waals surface area (Å²) in [5.41, 5.74) is 2.26. The Morgan fingerprint density at radius 1 is 1.19 bits per heavy atom. The molecule has 2 aromatic rings. The minimum Gasteiger partial charge on any atom is -0.508 e. The zero-order valence-electron chi connectivity index (χ0n) is 25.1. The number of carboxylic acids is 1. The predicted molar refractivity (Wildman–Crippen MR) is 160 cm³/mol. The number of aromatic nitrogens is 1. The van der Waals surface area contributed by atoms with Crippen LogP contribution >= 0.6 is 0 Å². The highest BCUT2D eigenvalue weighted by molar-refractivity contribution is 5.96. The topological polar surface area (TPSA) is 164 Å². The van der Waals surface area contributed by atoms with Gasteiger partial charge in [0.05, 0.1) is 17.4 Å². The number of carbonyl (C=O) groups excluding carboxylic acids is 1. The first kappa shape index (κ1) is 29.7. The van der Waals surface area contributed by atoms with E-state index in [0.29, 0.717) is 35.6 Å². The van der Waals surface area contributed by atoms with Gasteiger partial charge in [-0.1, -0.05) is 24.6 Å². The number of aromatic amines is 1. The van der Waals surface area contributed by atoms with Gasteiger partial charge in [-0.25, -0.2) is 4.79 Å². The van der Waals surface area contributed by atoms with Crippen molar-refractivity contribution < 1.29 is 34.9 Å². The van der Waals surface area contributed by atoms with E-state index in [1.165, 1.54) is 5.57 Å². The quantitative estimate of drug-likeness (QED) is 0.264. The number of amides is 1. The van der Waals surface area contributed by atoms with Crippen molar-refractivity contribution in [3.05, 3.63) is 41.6 Å². The molecular formula is C33H43N3O7. The summed E-state index contributed by atoms with van der Waals surface area (Å²) in [4.78, 5) is 32.9. The molecule has 1 aromatic heterocycles. The van der Waals surface area contributed by atoms with Crippen LogP contribution in [0.4, 0.5) is 0 Å². The molecule has 43 heavy (non-hydrogen) atoms. The minimum absolute atomic E-state index is 0.0370. The number of phenolic OH excluding ortho intramolecular Hbond substituents is 1. The molecule has 4 aliphatic rings. The van der Waals surface area contributed by atoms with Crippen LogP contribution in [-0.4, -0.2) is 67.4 Å². The van der Waals surface area contributed by atoms with E-state index in [1.807, 2.05) is 6.92 Å². The highest BCUT2D eigenvalue weighted by Crippen LogP contribution is 2.67. The maximum atomic E-state index is 12.6. The summed E-state index contributed by atoms with van der Waals surface area (Å²) in [5, 5.41) is 49.6. The monoisotopic (exact) mass is 593 g/mol. The normalized spacial score (nSPS) is 36.8. The molecule has 6 rings (SSSR count). The summed E-state index contributed by atoms with van der Waals surface area (Å²) in [6, 6.07) is 3.63. The van der Waals surface area contributed by atoms with Crippen LogP contribution in [-0.2, 0) is 20.8 Å². The van der Waals surface area contributed by atoms with Crippen LogP contribution < -0.4 is 5.32 Å². The number of aromatic hydroxyl groups is 1. The van der Waals surface area contributed by atoms with Crippen molar-refractivity contribution in [3.63, 3.8) is 0 Å². The predicted octanol–water partition coefficient (Wildman–Crippen LogP) is 4.04. The summed E-state index contributed by atoms with van der Waals surface area (Å²) in [6.07, 6.45) is 9.07. The van der Waals surface area contributed by atoms with Gasteiger partial charge in [0, 0.05) is 28.9 Å². The SMILES string of the molecule is C[C@]12CCC(=NOCC(=O)NC(Cc3c[nH]c4ccc(O)cc34)C(=O)O)C=C1CCC1C2C(O)C[C@@]2(C)C1CC[C@]2(C)O. The summed E-state index contributed by atoms with van der Waals surface area (Å²) >= 11 is 0. The molecule has 10 nitrogen and oxygen atoms in total. The van der Waals surface area contributed by atoms with E-state index in [4.69, 9.17) is 4.84 Å². The number of aliphatic carboxylic acids is 1. The van der Waals surface area contributed by atoms with Crippen molar-refractivity contribution in [3.8, 4) is 5.75 Å². The molecule has 4 aliphatic carbocycles. The Balaban J connectivity index is 1.09. The molecule has 1 aromatic carbocycles. The van der Waals surface area contributed by atoms with E-state index >= 15 is 0 Å². The van der Waals surface area contributed by atoms with Crippen LogP contribution in [0.25, 0.3) is 10.9 Å². The third-order valence-electron chi connectivity index (χ3n) is 11.7. The lowest BCUT2D eigenvalue weighted by molar-refractivity contribution is -0.164. The number of carbonyl (C=O) groups is 2. The Morgan fingerprint density at radius 3 is 2.74 bits per heavy atom. The summed E-state index contributed by atoms with van der Waals surface area (Å²) in [7, 11) is 0. The van der Waals surface area contributed by atoms with Crippen molar-refractivity contribution in [2.24, 2.45) is 33.7 Å². The van der Waals surface area contributed by atoms with Gasteiger partial charge in [0.1, 0.15) is 11.8 Å². The fourth-order valence-corrected chi connectivity index (χ4v) is 9.16. The van der Waals surface area contributed by atoms with Gasteiger partial charge in [-0.05, 0) is 105 Å². The van der Waals surface area contributed by atoms with Gasteiger partial charge < -0.3 is 35.6 Å². The third-order valence-corrected chi connectivity index (χ3v) is 11.7. The Hall–Kier alpha value is -3.37. The molecule has 0 radical (unpaired) electrons. The van der Waals surface area contributed by atoms with E-state index in [2.05, 4.69) is 35.4 Å². The lowest BCUT2D eigenvalue weighted by atomic mass is 9.45. The van der Waals surface area contributed by atoms with Crippen molar-refractivity contribution in [1.29, 1.82) is 0 Å². The molecule has 0 spiro atoms. The average molecular weight is 594 g/mol. The lowest BCUT2D eigenvalue weighted by Gasteiger charge is -2.60. The number of benzene rings is 1. The van der Waals surface area contributed by atoms with Gasteiger partial charge in [0.25, 0.3) is 5.91 Å². The maximum Gasteiger partial charge on any atom is 0.326 e. The number of fused-ring (bicyclic) bond motifs is 6. The number of aliphatic hydroxyl groups is 2. The highest BCUT2D eigenvalue weighted by atomic mass is 16.6. The molecule has 1 heterocycles. The van der Waals surface area contributed by atoms with Crippen molar-refractivity contribution in [2.75, 3.05) is 6.61 Å². The number of nitrogens with zero attached hydrogens (tertiary/aromatic N) is 1. The van der Waals surface area contributed by atoms with Crippen LogP contribution in [0.1, 0.15) is 71.3 Å². The number of H-pyrrole nitrogens is 1. The number of rotatable bonds is 7. The smallest absolute Gasteiger partial charge is 0.326 e. The number of oxime groups is 1. The molecule has 0 aliphatic heterocycles. The Bertz CT molecular complexity index is 1490. The minimum atomic E-state index is -1.18. The first-order valence-corrected chi connectivity index (χ1v) is 15.4. The summed E-state index contributed by atoms with van der Waals surface area (Å²) in [5.74, 6) is -0.767. The van der Waals surface area contributed by atoms with Crippen molar-refractivity contribution >= 4 is 28.5 Å². The lowest BCUT2D eigenvalue weighted by Crippen LogP contribution is -2.59. The zero-order valence-corrected chi connectivity index (χ0v) is 25.1. The van der Waals surface area contributed by atoms with E-state index < -0.39 is 36.2 Å². The molecule has 1 amide bonds. The first-order valence-electron chi connectivity index (χ1n) is 15.4. The van der Waals surface area contributed by atoms with Gasteiger partial charge in [0.15, 0.2) is 6.61 Å². The summed E-state index contributed by atoms with van der Waals surface area (Å²) < 4.78 is 0. The Labute approximate surface area is 251 Å². The van der Waals surface area contributed by atoms with Crippen LogP contribution in [0.5, 0.6) is 5.75 Å². The fourth-order valence-electron chi connectivity index (χ4n) is 9.16. The van der Waals surface area contributed by atoms with Crippen molar-refractivity contribution in [2.45, 2.75) is 89.9 Å². The molecule has 3 saturated carbocycles. The van der Waals surface area contributed by atoms with Gasteiger partial charge in [-0.15, -0.1) is 0 Å². The van der Waals surface area contributed by atoms with Crippen LogP contribution in [0.2, 0.25) is 0 Å². The zero-order chi connectivity index (χ0) is 30.7. The van der Waals surface area contributed by atoms with Crippen LogP contribution in [0.15, 0.2) is 41.2 Å². The molecule has 0 saturated heterocycles. The maximum absolute atomic E-state index is 12.6. The number of aliphatic hydroxyl groups excluding tert-OH is 1. The second kappa shape index (κ2) is 10.7. The van der Waals surface area contributed by atoms with E-state index in [0.717, 1.165) is 43.3 Å². The Morgan fingerprint density at radius 2 is 1.98 bits per heavy atom. The number of nitrogens with one attached hydrogen (secondary N) is 2. The third kappa shape index (κ3) is 5.02. The molecule has 3 fully saturated rings. The first-order chi connectivity index (χ1) is 20.3. The molecule has 10 heteroatoms. The second-order valence-electron chi connectivity index (χ2n) is 14.0. The summed E-state index contributed by atoms with van der Waals surface area (Å²) in [6.45, 7) is 5.97. The molecule has 5 unspecified atom stereocenters. The van der Waals surface area contributed by atoms with Gasteiger partial charge in [0.2, 0.25) is 0 Å². The van der Waals surface area contributed by atoms with Gasteiger partial charge in [-0.3, -0.25) is 4.79 Å². The van der Waals surface area contributed by atoms with Crippen molar-refractivity contribution in [1.82, 2.24) is 10.3 Å². The standard InChI is InChI=1S/C33H43N3O7/c1-31-10-8-20(13-19(31)4-6-22-24-9-11-33(3,42)32(24,2)15-27(38)29(22)31)36-43-17-28(39)35-26(30(40)41)12-18-16-34-25-7-5-21(37)14-23(18)25/h5,7,13-14,16,22,24,26-27,29,34,37-38,42H,4,6,8-12,15,17H2,1-3H3,(H,35,39)(H,40,41)/t22?,24?,26?,27?,29?,31-,32-,33-/m0/s1. The van der Waals surface area contributed by atoms with E-state index in [9.17, 15) is 30.0 Å². The number of allylic oxidation sites excluding steroid dienone is 2. The fraction of sp³-hybridized carbons (Fsp3) is 0.606. The number of hydrogen-bond donors (Lipinski definition) is 6. The molecule has 8 atom stereocenters. The average Bonchev–Trinajstić information content (AvgIpc) is 3.44. The largest absolute Gasteiger partial charge is 0.508 e. The molecule has 232 valence electrons. The van der Waals surface area contributed by atoms with E-state index in [1.54, 1.807) is 24.4 Å². The number of hydrogen-bond acceptors (Lipinski definition) is 7. The van der Waals surface area contributed by atoms with Crippen LogP contribution in [0, 0.1) is 28.6 Å².